The molecule has 0 spiro atoms. The predicted octanol–water partition coefficient (Wildman–Crippen LogP) is 2.85. The third-order valence-electron chi connectivity index (χ3n) is 4.76. The Morgan fingerprint density at radius 2 is 2.00 bits per heavy atom. The van der Waals surface area contributed by atoms with Gasteiger partial charge in [0.15, 0.2) is 0 Å². The first-order valence-electron chi connectivity index (χ1n) is 9.06. The quantitative estimate of drug-likeness (QED) is 0.915. The SMILES string of the molecule is Cc1nc(C2CCCN2C(=O)c2cc(C(C)(C)C)[nH]n2)cc(N(C)C)n1. The Morgan fingerprint density at radius 3 is 2.62 bits per heavy atom. The molecule has 0 radical (unpaired) electrons. The van der Waals surface area contributed by atoms with Crippen LogP contribution in [0.15, 0.2) is 12.1 Å². The standard InChI is InChI=1S/C19H28N6O/c1-12-20-13(11-17(21-12)24(5)6)15-8-7-9-25(15)18(26)14-10-16(23-22-14)19(2,3)4/h10-11,15H,7-9H2,1-6H3,(H,22,23). The van der Waals surface area contributed by atoms with Crippen LogP contribution in [-0.4, -0.2) is 51.6 Å². The number of rotatable bonds is 3. The molecule has 7 heteroatoms. The summed E-state index contributed by atoms with van der Waals surface area (Å²) in [5, 5.41) is 7.27. The molecule has 2 aromatic rings. The number of aryl methyl sites for hydroxylation is 1. The molecular weight excluding hydrogens is 328 g/mol. The number of nitrogens with zero attached hydrogens (tertiary/aromatic N) is 5. The molecule has 1 aliphatic heterocycles. The van der Waals surface area contributed by atoms with E-state index in [0.717, 1.165) is 42.4 Å². The second-order valence-corrected chi connectivity index (χ2v) is 8.17. The van der Waals surface area contributed by atoms with E-state index in [0.29, 0.717) is 5.69 Å². The summed E-state index contributed by atoms with van der Waals surface area (Å²) in [6.07, 6.45) is 1.87. The van der Waals surface area contributed by atoms with Gasteiger partial charge in [-0.25, -0.2) is 9.97 Å². The number of hydrogen-bond donors (Lipinski definition) is 1. The Labute approximate surface area is 154 Å². The highest BCUT2D eigenvalue weighted by atomic mass is 16.2. The first-order valence-corrected chi connectivity index (χ1v) is 9.06. The van der Waals surface area contributed by atoms with Gasteiger partial charge < -0.3 is 9.80 Å². The lowest BCUT2D eigenvalue weighted by molar-refractivity contribution is 0.0726. The van der Waals surface area contributed by atoms with Gasteiger partial charge in [0.05, 0.1) is 11.7 Å². The zero-order valence-electron chi connectivity index (χ0n) is 16.5. The van der Waals surface area contributed by atoms with Crippen molar-refractivity contribution in [2.24, 2.45) is 0 Å². The summed E-state index contributed by atoms with van der Waals surface area (Å²) < 4.78 is 0. The molecule has 0 saturated carbocycles. The maximum Gasteiger partial charge on any atom is 0.274 e. The molecule has 1 saturated heterocycles. The molecule has 0 aromatic carbocycles. The topological polar surface area (TPSA) is 78.0 Å². The van der Waals surface area contributed by atoms with Gasteiger partial charge >= 0.3 is 0 Å². The summed E-state index contributed by atoms with van der Waals surface area (Å²) >= 11 is 0. The van der Waals surface area contributed by atoms with E-state index in [1.165, 1.54) is 0 Å². The van der Waals surface area contributed by atoms with Crippen molar-refractivity contribution < 1.29 is 4.79 Å². The van der Waals surface area contributed by atoms with Crippen LogP contribution in [0, 0.1) is 6.92 Å². The Morgan fingerprint density at radius 1 is 1.27 bits per heavy atom. The fourth-order valence-electron chi connectivity index (χ4n) is 3.25. The summed E-state index contributed by atoms with van der Waals surface area (Å²) in [4.78, 5) is 26.0. The van der Waals surface area contributed by atoms with Crippen molar-refractivity contribution in [2.45, 2.75) is 52.0 Å². The van der Waals surface area contributed by atoms with Gasteiger partial charge in [0.25, 0.3) is 5.91 Å². The van der Waals surface area contributed by atoms with Gasteiger partial charge in [0.1, 0.15) is 17.3 Å². The van der Waals surface area contributed by atoms with Gasteiger partial charge in [-0.15, -0.1) is 0 Å². The van der Waals surface area contributed by atoms with Gasteiger partial charge in [-0.2, -0.15) is 5.10 Å². The number of carbonyl (C=O) groups is 1. The van der Waals surface area contributed by atoms with Crippen molar-refractivity contribution >= 4 is 11.7 Å². The van der Waals surface area contributed by atoms with Crippen LogP contribution in [0.5, 0.6) is 0 Å². The molecule has 3 rings (SSSR count). The van der Waals surface area contributed by atoms with Crippen LogP contribution in [0.1, 0.15) is 67.4 Å². The van der Waals surface area contributed by atoms with E-state index in [1.54, 1.807) is 0 Å². The maximum atomic E-state index is 13.1. The highest BCUT2D eigenvalue weighted by Crippen LogP contribution is 2.33. The predicted molar refractivity (Wildman–Crippen MR) is 101 cm³/mol. The first-order chi connectivity index (χ1) is 12.2. The summed E-state index contributed by atoms with van der Waals surface area (Å²) in [7, 11) is 3.92. The highest BCUT2D eigenvalue weighted by Gasteiger charge is 2.33. The molecule has 7 nitrogen and oxygen atoms in total. The van der Waals surface area contributed by atoms with Crippen molar-refractivity contribution in [3.63, 3.8) is 0 Å². The van der Waals surface area contributed by atoms with Crippen LogP contribution in [-0.2, 0) is 5.41 Å². The molecule has 3 heterocycles. The molecule has 1 fully saturated rings. The number of hydrogen-bond acceptors (Lipinski definition) is 5. The highest BCUT2D eigenvalue weighted by molar-refractivity contribution is 5.93. The van der Waals surface area contributed by atoms with E-state index in [4.69, 9.17) is 0 Å². The molecule has 26 heavy (non-hydrogen) atoms. The van der Waals surface area contributed by atoms with Crippen LogP contribution in [0.25, 0.3) is 0 Å². The average molecular weight is 356 g/mol. The van der Waals surface area contributed by atoms with Crippen LogP contribution in [0.2, 0.25) is 0 Å². The lowest BCUT2D eigenvalue weighted by Gasteiger charge is -2.24. The lowest BCUT2D eigenvalue weighted by atomic mass is 9.92. The van der Waals surface area contributed by atoms with Crippen LogP contribution in [0.4, 0.5) is 5.82 Å². The molecule has 0 aliphatic carbocycles. The zero-order chi connectivity index (χ0) is 19.1. The number of H-pyrrole nitrogens is 1. The second kappa shape index (κ2) is 6.70. The Bertz CT molecular complexity index is 805. The molecular formula is C19H28N6O. The number of anilines is 1. The Hall–Kier alpha value is -2.44. The molecule has 140 valence electrons. The van der Waals surface area contributed by atoms with Crippen LogP contribution in [0.3, 0.4) is 0 Å². The minimum atomic E-state index is -0.0691. The molecule has 1 N–H and O–H groups in total. The Balaban J connectivity index is 1.89. The van der Waals surface area contributed by atoms with Crippen molar-refractivity contribution in [1.82, 2.24) is 25.1 Å². The summed E-state index contributed by atoms with van der Waals surface area (Å²) in [6.45, 7) is 8.90. The number of nitrogens with one attached hydrogen (secondary N) is 1. The van der Waals surface area contributed by atoms with Crippen molar-refractivity contribution in [1.29, 1.82) is 0 Å². The minimum absolute atomic E-state index is 0.0299. The van der Waals surface area contributed by atoms with E-state index < -0.39 is 0 Å². The van der Waals surface area contributed by atoms with Gasteiger partial charge in [-0.3, -0.25) is 9.89 Å². The van der Waals surface area contributed by atoms with Crippen LogP contribution < -0.4 is 4.90 Å². The molecule has 1 unspecified atom stereocenters. The van der Waals surface area contributed by atoms with E-state index in [9.17, 15) is 4.79 Å². The average Bonchev–Trinajstić information content (AvgIpc) is 3.22. The first kappa shape index (κ1) is 18.4. The Kier molecular flexibility index (Phi) is 4.73. The third kappa shape index (κ3) is 3.57. The lowest BCUT2D eigenvalue weighted by Crippen LogP contribution is -2.31. The number of likely N-dealkylation sites (tertiary alicyclic amines) is 1. The van der Waals surface area contributed by atoms with Gasteiger partial charge in [-0.1, -0.05) is 20.8 Å². The van der Waals surface area contributed by atoms with Gasteiger partial charge in [0, 0.05) is 37.8 Å². The second-order valence-electron chi connectivity index (χ2n) is 8.17. The van der Waals surface area contributed by atoms with Gasteiger partial charge in [0.2, 0.25) is 0 Å². The molecule has 1 aliphatic rings. The summed E-state index contributed by atoms with van der Waals surface area (Å²) in [6, 6.07) is 3.82. The zero-order valence-corrected chi connectivity index (χ0v) is 16.5. The fraction of sp³-hybridized carbons (Fsp3) is 0.579. The number of aromatic nitrogens is 4. The number of amides is 1. The van der Waals surface area contributed by atoms with Crippen LogP contribution >= 0.6 is 0 Å². The van der Waals surface area contributed by atoms with Crippen molar-refractivity contribution in [3.8, 4) is 0 Å². The van der Waals surface area contributed by atoms with Crippen molar-refractivity contribution in [2.75, 3.05) is 25.5 Å². The third-order valence-corrected chi connectivity index (χ3v) is 4.76. The maximum absolute atomic E-state index is 13.1. The fourth-order valence-corrected chi connectivity index (χ4v) is 3.25. The molecule has 1 amide bonds. The van der Waals surface area contributed by atoms with E-state index in [-0.39, 0.29) is 17.4 Å². The molecule has 0 bridgehead atoms. The van der Waals surface area contributed by atoms with E-state index in [2.05, 4.69) is 40.9 Å². The molecule has 1 atom stereocenters. The van der Waals surface area contributed by atoms with E-state index in [1.807, 2.05) is 43.0 Å². The summed E-state index contributed by atoms with van der Waals surface area (Å²) in [5.41, 5.74) is 2.27. The number of aromatic amines is 1. The van der Waals surface area contributed by atoms with Crippen molar-refractivity contribution in [3.05, 3.63) is 35.0 Å². The van der Waals surface area contributed by atoms with Gasteiger partial charge in [-0.05, 0) is 25.8 Å². The molecule has 2 aromatic heterocycles. The normalized spacial score (nSPS) is 17.6. The monoisotopic (exact) mass is 356 g/mol. The minimum Gasteiger partial charge on any atom is -0.363 e. The number of carbonyl (C=O) groups excluding carboxylic acids is 1. The smallest absolute Gasteiger partial charge is 0.274 e. The van der Waals surface area contributed by atoms with E-state index >= 15 is 0 Å². The summed E-state index contributed by atoms with van der Waals surface area (Å²) in [5.74, 6) is 1.55. The largest absolute Gasteiger partial charge is 0.363 e.